The number of aromatic nitrogens is 1. The molecule has 1 atom stereocenters. The Kier molecular flexibility index (Phi) is 3.49. The predicted octanol–water partition coefficient (Wildman–Crippen LogP) is 3.15. The van der Waals surface area contributed by atoms with E-state index in [1.807, 2.05) is 12.3 Å². The lowest BCUT2D eigenvalue weighted by molar-refractivity contribution is 0.585. The van der Waals surface area contributed by atoms with E-state index in [9.17, 15) is 8.78 Å². The zero-order valence-electron chi connectivity index (χ0n) is 9.28. The van der Waals surface area contributed by atoms with E-state index in [-0.39, 0.29) is 5.92 Å². The Hall–Kier alpha value is -1.33. The molecule has 0 saturated carbocycles. The van der Waals surface area contributed by atoms with Crippen molar-refractivity contribution in [3.63, 3.8) is 0 Å². The average Bonchev–Trinajstić information content (AvgIpc) is 2.77. The lowest BCUT2D eigenvalue weighted by atomic mass is 10.1. The molecule has 0 amide bonds. The molecule has 17 heavy (non-hydrogen) atoms. The predicted molar refractivity (Wildman–Crippen MR) is 64.9 cm³/mol. The summed E-state index contributed by atoms with van der Waals surface area (Å²) in [5, 5.41) is 2.41. The van der Waals surface area contributed by atoms with Crippen LogP contribution in [0.5, 0.6) is 0 Å². The highest BCUT2D eigenvalue weighted by molar-refractivity contribution is 7.13. The summed E-state index contributed by atoms with van der Waals surface area (Å²) in [6, 6.07) is 3.50. The van der Waals surface area contributed by atoms with Crippen molar-refractivity contribution in [3.05, 3.63) is 40.9 Å². The molecule has 0 radical (unpaired) electrons. The Bertz CT molecular complexity index is 525. The Morgan fingerprint density at radius 1 is 1.41 bits per heavy atom. The molecular formula is C12H12F2N2S. The molecule has 1 heterocycles. The minimum Gasteiger partial charge on any atom is -0.330 e. The average molecular weight is 254 g/mol. The van der Waals surface area contributed by atoms with E-state index >= 15 is 0 Å². The third kappa shape index (κ3) is 2.50. The second kappa shape index (κ2) is 4.89. The third-order valence-corrected chi connectivity index (χ3v) is 3.44. The van der Waals surface area contributed by atoms with Gasteiger partial charge in [0.1, 0.15) is 16.6 Å². The summed E-state index contributed by atoms with van der Waals surface area (Å²) in [5.74, 6) is -1.03. The molecule has 0 aliphatic carbocycles. The lowest BCUT2D eigenvalue weighted by Gasteiger charge is -2.03. The first-order chi connectivity index (χ1) is 8.11. The number of nitrogens with two attached hydrogens (primary N) is 1. The maximum absolute atomic E-state index is 13.5. The van der Waals surface area contributed by atoms with Crippen molar-refractivity contribution in [3.8, 4) is 10.6 Å². The topological polar surface area (TPSA) is 38.9 Å². The van der Waals surface area contributed by atoms with E-state index in [4.69, 9.17) is 5.73 Å². The molecule has 5 heteroatoms. The summed E-state index contributed by atoms with van der Waals surface area (Å²) in [5.41, 5.74) is 6.71. The van der Waals surface area contributed by atoms with Crippen molar-refractivity contribution in [2.24, 2.45) is 5.73 Å². The molecule has 1 unspecified atom stereocenters. The summed E-state index contributed by atoms with van der Waals surface area (Å²) in [7, 11) is 0. The minimum absolute atomic E-state index is 0.142. The molecule has 0 aliphatic rings. The molecule has 2 rings (SSSR count). The van der Waals surface area contributed by atoms with Gasteiger partial charge in [-0.05, 0) is 12.1 Å². The minimum atomic E-state index is -0.591. The van der Waals surface area contributed by atoms with Crippen molar-refractivity contribution in [1.29, 1.82) is 0 Å². The fraction of sp³-hybridized carbons (Fsp3) is 0.250. The molecule has 1 aromatic carbocycles. The fourth-order valence-electron chi connectivity index (χ4n) is 1.42. The van der Waals surface area contributed by atoms with Gasteiger partial charge < -0.3 is 5.73 Å². The molecule has 1 aromatic heterocycles. The monoisotopic (exact) mass is 254 g/mol. The molecule has 2 N–H and O–H groups in total. The molecule has 0 fully saturated rings. The van der Waals surface area contributed by atoms with Crippen LogP contribution in [0.3, 0.4) is 0 Å². The van der Waals surface area contributed by atoms with Crippen LogP contribution in [0.4, 0.5) is 8.78 Å². The molecule has 0 aliphatic heterocycles. The number of halogens is 2. The van der Waals surface area contributed by atoms with Crippen molar-refractivity contribution in [2.45, 2.75) is 12.8 Å². The molecule has 2 aromatic rings. The second-order valence-electron chi connectivity index (χ2n) is 3.84. The van der Waals surface area contributed by atoms with Gasteiger partial charge in [0.25, 0.3) is 0 Å². The first-order valence-electron chi connectivity index (χ1n) is 5.22. The van der Waals surface area contributed by atoms with Crippen LogP contribution < -0.4 is 5.73 Å². The van der Waals surface area contributed by atoms with Crippen LogP contribution in [0.1, 0.15) is 18.5 Å². The van der Waals surface area contributed by atoms with Gasteiger partial charge in [0.2, 0.25) is 0 Å². The van der Waals surface area contributed by atoms with E-state index in [1.54, 1.807) is 0 Å². The normalized spacial score (nSPS) is 12.7. The molecular weight excluding hydrogens is 242 g/mol. The van der Waals surface area contributed by atoms with E-state index in [1.165, 1.54) is 23.5 Å². The number of hydrogen-bond acceptors (Lipinski definition) is 3. The van der Waals surface area contributed by atoms with Crippen molar-refractivity contribution in [1.82, 2.24) is 4.98 Å². The standard InChI is InChI=1S/C12H12F2N2S/c1-7(5-15)11-6-17-12(16-11)9-3-2-8(13)4-10(9)14/h2-4,6-7H,5,15H2,1H3. The highest BCUT2D eigenvalue weighted by atomic mass is 32.1. The molecule has 90 valence electrons. The first kappa shape index (κ1) is 12.1. The number of hydrogen-bond donors (Lipinski definition) is 1. The number of rotatable bonds is 3. The summed E-state index contributed by atoms with van der Waals surface area (Å²) < 4.78 is 26.3. The Balaban J connectivity index is 2.37. The highest BCUT2D eigenvalue weighted by Gasteiger charge is 2.13. The number of nitrogens with zero attached hydrogens (tertiary/aromatic N) is 1. The van der Waals surface area contributed by atoms with Gasteiger partial charge in [-0.2, -0.15) is 0 Å². The van der Waals surface area contributed by atoms with Crippen LogP contribution >= 0.6 is 11.3 Å². The van der Waals surface area contributed by atoms with E-state index < -0.39 is 11.6 Å². The van der Waals surface area contributed by atoms with Gasteiger partial charge >= 0.3 is 0 Å². The largest absolute Gasteiger partial charge is 0.330 e. The Morgan fingerprint density at radius 2 is 2.18 bits per heavy atom. The zero-order chi connectivity index (χ0) is 12.4. The van der Waals surface area contributed by atoms with Crippen LogP contribution in [0, 0.1) is 11.6 Å². The van der Waals surface area contributed by atoms with Gasteiger partial charge in [0, 0.05) is 29.5 Å². The molecule has 0 bridgehead atoms. The third-order valence-electron chi connectivity index (χ3n) is 2.54. The van der Waals surface area contributed by atoms with Crippen LogP contribution in [0.2, 0.25) is 0 Å². The van der Waals surface area contributed by atoms with Crippen LogP contribution in [0.25, 0.3) is 10.6 Å². The van der Waals surface area contributed by atoms with E-state index in [0.717, 1.165) is 11.8 Å². The SMILES string of the molecule is CC(CN)c1csc(-c2ccc(F)cc2F)n1. The van der Waals surface area contributed by atoms with E-state index in [2.05, 4.69) is 4.98 Å². The van der Waals surface area contributed by atoms with Crippen LogP contribution in [-0.2, 0) is 0 Å². The summed E-state index contributed by atoms with van der Waals surface area (Å²) in [6.45, 7) is 2.45. The van der Waals surface area contributed by atoms with Gasteiger partial charge in [-0.1, -0.05) is 6.92 Å². The maximum Gasteiger partial charge on any atom is 0.136 e. The van der Waals surface area contributed by atoms with Crippen molar-refractivity contribution >= 4 is 11.3 Å². The number of benzene rings is 1. The van der Waals surface area contributed by atoms with Crippen molar-refractivity contribution < 1.29 is 8.78 Å². The second-order valence-corrected chi connectivity index (χ2v) is 4.70. The van der Waals surface area contributed by atoms with Crippen LogP contribution in [0.15, 0.2) is 23.6 Å². The Morgan fingerprint density at radius 3 is 2.82 bits per heavy atom. The van der Waals surface area contributed by atoms with Gasteiger partial charge in [0.05, 0.1) is 5.69 Å². The van der Waals surface area contributed by atoms with Gasteiger partial charge in [-0.15, -0.1) is 11.3 Å². The smallest absolute Gasteiger partial charge is 0.136 e. The zero-order valence-corrected chi connectivity index (χ0v) is 10.1. The summed E-state index contributed by atoms with van der Waals surface area (Å²) in [4.78, 5) is 4.32. The molecule has 0 spiro atoms. The highest BCUT2D eigenvalue weighted by Crippen LogP contribution is 2.28. The van der Waals surface area contributed by atoms with Crippen molar-refractivity contribution in [2.75, 3.05) is 6.54 Å². The molecule has 2 nitrogen and oxygen atoms in total. The maximum atomic E-state index is 13.5. The lowest BCUT2D eigenvalue weighted by Crippen LogP contribution is -2.08. The van der Waals surface area contributed by atoms with E-state index in [0.29, 0.717) is 17.1 Å². The fourth-order valence-corrected chi connectivity index (χ4v) is 2.39. The van der Waals surface area contributed by atoms with Gasteiger partial charge in [-0.25, -0.2) is 13.8 Å². The van der Waals surface area contributed by atoms with Gasteiger partial charge in [-0.3, -0.25) is 0 Å². The van der Waals surface area contributed by atoms with Crippen LogP contribution in [-0.4, -0.2) is 11.5 Å². The number of thiazole rings is 1. The molecule has 0 saturated heterocycles. The Labute approximate surface area is 102 Å². The quantitative estimate of drug-likeness (QED) is 0.913. The summed E-state index contributed by atoms with van der Waals surface area (Å²) >= 11 is 1.34. The summed E-state index contributed by atoms with van der Waals surface area (Å²) in [6.07, 6.45) is 0. The first-order valence-corrected chi connectivity index (χ1v) is 6.10. The van der Waals surface area contributed by atoms with Gasteiger partial charge in [0.15, 0.2) is 0 Å².